The van der Waals surface area contributed by atoms with Crippen molar-refractivity contribution in [3.05, 3.63) is 84.3 Å². The first-order valence-corrected chi connectivity index (χ1v) is 11.6. The largest absolute Gasteiger partial charge is 0.352 e. The number of benzene rings is 1. The number of hydrogen-bond acceptors (Lipinski definition) is 5. The van der Waals surface area contributed by atoms with Crippen LogP contribution in [-0.2, 0) is 6.54 Å². The highest BCUT2D eigenvalue weighted by atomic mass is 19.1. The topological polar surface area (TPSA) is 86.4 Å². The number of rotatable bonds is 5. The van der Waals surface area contributed by atoms with Crippen LogP contribution in [0.2, 0.25) is 0 Å². The number of aromatic amines is 2. The SMILES string of the molecule is Cc1cc(F)cc(-c2cncc3[nH]c(-c4n[nH]c5cnc(-c6cncc(CN(C)C)c6)cc45)cc23)c1. The standard InChI is InChI=1S/C28H24FN7/c1-16-4-18(7-20(29)5-16)23-12-31-13-26-21(23)8-25(33-26)28-22-9-24(32-14-27(22)34-35-28)19-6-17(10-30-11-19)15-36(2)3/h4-14,33H,15H2,1-3H3,(H,34,35). The van der Waals surface area contributed by atoms with Crippen molar-refractivity contribution in [2.24, 2.45) is 0 Å². The first kappa shape index (κ1) is 22.1. The summed E-state index contributed by atoms with van der Waals surface area (Å²) >= 11 is 0. The molecule has 0 aliphatic heterocycles. The number of pyridine rings is 3. The maximum Gasteiger partial charge on any atom is 0.124 e. The van der Waals surface area contributed by atoms with Gasteiger partial charge in [-0.1, -0.05) is 6.07 Å². The van der Waals surface area contributed by atoms with Crippen LogP contribution < -0.4 is 0 Å². The number of nitrogens with one attached hydrogen (secondary N) is 2. The van der Waals surface area contributed by atoms with Gasteiger partial charge in [-0.25, -0.2) is 4.39 Å². The van der Waals surface area contributed by atoms with Gasteiger partial charge in [0, 0.05) is 47.0 Å². The molecule has 5 heterocycles. The van der Waals surface area contributed by atoms with Crippen molar-refractivity contribution in [1.29, 1.82) is 0 Å². The van der Waals surface area contributed by atoms with Crippen molar-refractivity contribution in [3.63, 3.8) is 0 Å². The van der Waals surface area contributed by atoms with Crippen LogP contribution in [0.15, 0.2) is 67.4 Å². The summed E-state index contributed by atoms with van der Waals surface area (Å²) in [6, 6.07) is 11.2. The molecule has 1 aromatic carbocycles. The van der Waals surface area contributed by atoms with E-state index in [9.17, 15) is 4.39 Å². The molecule has 0 saturated heterocycles. The zero-order chi connectivity index (χ0) is 24.8. The lowest BCUT2D eigenvalue weighted by atomic mass is 10.0. The van der Waals surface area contributed by atoms with E-state index in [0.717, 1.165) is 73.2 Å². The summed E-state index contributed by atoms with van der Waals surface area (Å²) in [5, 5.41) is 9.57. The number of hydrogen-bond donors (Lipinski definition) is 2. The van der Waals surface area contributed by atoms with Crippen molar-refractivity contribution in [3.8, 4) is 33.8 Å². The van der Waals surface area contributed by atoms with Crippen molar-refractivity contribution in [2.75, 3.05) is 14.1 Å². The molecule has 0 bridgehead atoms. The Kier molecular flexibility index (Phi) is 5.30. The van der Waals surface area contributed by atoms with Gasteiger partial charge in [-0.15, -0.1) is 0 Å². The Morgan fingerprint density at radius 3 is 2.53 bits per heavy atom. The Morgan fingerprint density at radius 2 is 1.69 bits per heavy atom. The van der Waals surface area contributed by atoms with Gasteiger partial charge in [0.15, 0.2) is 0 Å². The third-order valence-electron chi connectivity index (χ3n) is 6.19. The fraction of sp³-hybridized carbons (Fsp3) is 0.143. The van der Waals surface area contributed by atoms with E-state index >= 15 is 0 Å². The van der Waals surface area contributed by atoms with Crippen LogP contribution in [0.3, 0.4) is 0 Å². The molecule has 6 aromatic rings. The van der Waals surface area contributed by atoms with E-state index in [-0.39, 0.29) is 5.82 Å². The van der Waals surface area contributed by atoms with Gasteiger partial charge in [-0.2, -0.15) is 5.10 Å². The smallest absolute Gasteiger partial charge is 0.124 e. The van der Waals surface area contributed by atoms with Gasteiger partial charge >= 0.3 is 0 Å². The molecule has 0 aliphatic carbocycles. The van der Waals surface area contributed by atoms with E-state index in [1.54, 1.807) is 18.6 Å². The zero-order valence-corrected chi connectivity index (χ0v) is 20.2. The first-order chi connectivity index (χ1) is 17.4. The van der Waals surface area contributed by atoms with Gasteiger partial charge in [0.2, 0.25) is 0 Å². The van der Waals surface area contributed by atoms with E-state index in [0.29, 0.717) is 0 Å². The van der Waals surface area contributed by atoms with Crippen molar-refractivity contribution in [1.82, 2.24) is 35.0 Å². The van der Waals surface area contributed by atoms with E-state index in [4.69, 9.17) is 0 Å². The van der Waals surface area contributed by atoms with E-state index in [2.05, 4.69) is 41.1 Å². The molecule has 0 aliphatic rings. The Balaban J connectivity index is 1.45. The van der Waals surface area contributed by atoms with E-state index in [1.165, 1.54) is 12.1 Å². The number of aryl methyl sites for hydroxylation is 1. The maximum atomic E-state index is 14.1. The predicted octanol–water partition coefficient (Wildman–Crippen LogP) is 5.74. The molecule has 0 unspecified atom stereocenters. The summed E-state index contributed by atoms with van der Waals surface area (Å²) in [6.07, 6.45) is 9.05. The molecule has 2 N–H and O–H groups in total. The highest BCUT2D eigenvalue weighted by molar-refractivity contribution is 6.01. The summed E-state index contributed by atoms with van der Waals surface area (Å²) in [7, 11) is 4.07. The Morgan fingerprint density at radius 1 is 0.833 bits per heavy atom. The summed E-state index contributed by atoms with van der Waals surface area (Å²) in [6.45, 7) is 2.69. The second-order valence-electron chi connectivity index (χ2n) is 9.36. The van der Waals surface area contributed by atoms with Gasteiger partial charge in [0.1, 0.15) is 11.5 Å². The second kappa shape index (κ2) is 8.66. The molecule has 6 rings (SSSR count). The molecule has 8 heteroatoms. The van der Waals surface area contributed by atoms with Crippen molar-refractivity contribution >= 4 is 21.8 Å². The summed E-state index contributed by atoms with van der Waals surface area (Å²) < 4.78 is 14.1. The van der Waals surface area contributed by atoms with Gasteiger partial charge in [-0.3, -0.25) is 20.1 Å². The molecule has 0 radical (unpaired) electrons. The number of nitrogens with zero attached hydrogens (tertiary/aromatic N) is 5. The average molecular weight is 478 g/mol. The molecule has 178 valence electrons. The summed E-state index contributed by atoms with van der Waals surface area (Å²) in [4.78, 5) is 19.0. The molecule has 0 amide bonds. The minimum atomic E-state index is -0.264. The fourth-order valence-corrected chi connectivity index (χ4v) is 4.66. The lowest BCUT2D eigenvalue weighted by Gasteiger charge is -2.10. The Hall–Kier alpha value is -4.43. The lowest BCUT2D eigenvalue weighted by molar-refractivity contribution is 0.402. The quantitative estimate of drug-likeness (QED) is 0.331. The molecular weight excluding hydrogens is 453 g/mol. The number of fused-ring (bicyclic) bond motifs is 2. The molecular formula is C28H24FN7. The van der Waals surface area contributed by atoms with Crippen LogP contribution in [0, 0.1) is 12.7 Å². The highest BCUT2D eigenvalue weighted by Crippen LogP contribution is 2.34. The van der Waals surface area contributed by atoms with Crippen LogP contribution in [-0.4, -0.2) is 49.1 Å². The third-order valence-corrected chi connectivity index (χ3v) is 6.19. The normalized spacial score (nSPS) is 11.7. The molecule has 36 heavy (non-hydrogen) atoms. The fourth-order valence-electron chi connectivity index (χ4n) is 4.66. The highest BCUT2D eigenvalue weighted by Gasteiger charge is 2.16. The molecule has 0 spiro atoms. The van der Waals surface area contributed by atoms with Gasteiger partial charge in [0.25, 0.3) is 0 Å². The average Bonchev–Trinajstić information content (AvgIpc) is 3.46. The number of aromatic nitrogens is 6. The van der Waals surface area contributed by atoms with Crippen LogP contribution in [0.5, 0.6) is 0 Å². The second-order valence-corrected chi connectivity index (χ2v) is 9.36. The van der Waals surface area contributed by atoms with Crippen LogP contribution >= 0.6 is 0 Å². The number of H-pyrrole nitrogens is 2. The van der Waals surface area contributed by atoms with Crippen molar-refractivity contribution < 1.29 is 4.39 Å². The predicted molar refractivity (Wildman–Crippen MR) is 140 cm³/mol. The van der Waals surface area contributed by atoms with Gasteiger partial charge in [0.05, 0.1) is 34.8 Å². The molecule has 7 nitrogen and oxygen atoms in total. The van der Waals surface area contributed by atoms with Crippen molar-refractivity contribution in [2.45, 2.75) is 13.5 Å². The number of halogens is 1. The van der Waals surface area contributed by atoms with Gasteiger partial charge in [-0.05, 0) is 68.0 Å². The maximum absolute atomic E-state index is 14.1. The monoisotopic (exact) mass is 477 g/mol. The summed E-state index contributed by atoms with van der Waals surface area (Å²) in [5.74, 6) is -0.264. The first-order valence-electron chi connectivity index (χ1n) is 11.6. The van der Waals surface area contributed by atoms with Crippen LogP contribution in [0.25, 0.3) is 55.6 Å². The van der Waals surface area contributed by atoms with E-state index in [1.807, 2.05) is 51.6 Å². The van der Waals surface area contributed by atoms with Crippen LogP contribution in [0.1, 0.15) is 11.1 Å². The zero-order valence-electron chi connectivity index (χ0n) is 20.2. The molecule has 5 aromatic heterocycles. The Labute approximate surface area is 207 Å². The summed E-state index contributed by atoms with van der Waals surface area (Å²) in [5.41, 5.74) is 8.73. The minimum Gasteiger partial charge on any atom is -0.352 e. The lowest BCUT2D eigenvalue weighted by Crippen LogP contribution is -2.10. The molecule has 0 saturated carbocycles. The molecule has 0 fully saturated rings. The van der Waals surface area contributed by atoms with Crippen LogP contribution in [0.4, 0.5) is 4.39 Å². The third kappa shape index (κ3) is 4.01. The molecule has 0 atom stereocenters. The van der Waals surface area contributed by atoms with Gasteiger partial charge < -0.3 is 9.88 Å². The minimum absolute atomic E-state index is 0.264. The Bertz CT molecular complexity index is 1710. The van der Waals surface area contributed by atoms with E-state index < -0.39 is 0 Å².